The molecule has 0 saturated carbocycles. The number of ether oxygens (including phenoxy) is 1. The van der Waals surface area contributed by atoms with E-state index in [1.165, 1.54) is 13.2 Å². The number of allylic oxidation sites excluding steroid dienone is 2. The predicted molar refractivity (Wildman–Crippen MR) is 46.6 cm³/mol. The first-order valence-corrected chi connectivity index (χ1v) is 3.91. The lowest BCUT2D eigenvalue weighted by Gasteiger charge is -1.97. The van der Waals surface area contributed by atoms with Crippen molar-refractivity contribution in [3.63, 3.8) is 0 Å². The molecule has 0 saturated heterocycles. The minimum Gasteiger partial charge on any atom is -0.469 e. The van der Waals surface area contributed by atoms with Crippen LogP contribution in [0.5, 0.6) is 0 Å². The summed E-state index contributed by atoms with van der Waals surface area (Å²) < 4.78 is 4.43. The summed E-state index contributed by atoms with van der Waals surface area (Å²) in [4.78, 5) is 21.9. The second kappa shape index (κ2) is 3.89. The minimum absolute atomic E-state index is 0.0404. The number of nitrogens with two attached hydrogens (primary N) is 1. The van der Waals surface area contributed by atoms with Crippen LogP contribution in [0.1, 0.15) is 12.8 Å². The molecule has 4 heteroatoms. The molecule has 0 aromatic carbocycles. The Balaban J connectivity index is 2.65. The fourth-order valence-electron chi connectivity index (χ4n) is 1.08. The van der Waals surface area contributed by atoms with Gasteiger partial charge in [-0.15, -0.1) is 0 Å². The van der Waals surface area contributed by atoms with Gasteiger partial charge in [0.1, 0.15) is 0 Å². The van der Waals surface area contributed by atoms with E-state index in [0.717, 1.165) is 0 Å². The summed E-state index contributed by atoms with van der Waals surface area (Å²) in [7, 11) is 1.30. The van der Waals surface area contributed by atoms with E-state index in [1.54, 1.807) is 6.08 Å². The maximum Gasteiger partial charge on any atom is 0.309 e. The van der Waals surface area contributed by atoms with Gasteiger partial charge in [-0.3, -0.25) is 9.59 Å². The van der Waals surface area contributed by atoms with Crippen LogP contribution in [0.4, 0.5) is 0 Å². The molecular weight excluding hydrogens is 170 g/mol. The highest BCUT2D eigenvalue weighted by Gasteiger charge is 2.17. The number of Topliss-reactive ketones (excluding diaryl/α,β-unsaturated/α-hetero) is 1. The van der Waals surface area contributed by atoms with Gasteiger partial charge < -0.3 is 10.5 Å². The smallest absolute Gasteiger partial charge is 0.309 e. The SMILES string of the molecule is COC(=O)CC=C1C(=O)CC=C1N. The Kier molecular flexibility index (Phi) is 2.84. The number of esters is 1. The van der Waals surface area contributed by atoms with Crippen molar-refractivity contribution in [2.45, 2.75) is 12.8 Å². The van der Waals surface area contributed by atoms with Crippen LogP contribution < -0.4 is 5.73 Å². The summed E-state index contributed by atoms with van der Waals surface area (Å²) in [6.07, 6.45) is 3.57. The molecule has 0 aromatic heterocycles. The zero-order chi connectivity index (χ0) is 9.84. The summed E-state index contributed by atoms with van der Waals surface area (Å²) in [5.74, 6) is -0.415. The summed E-state index contributed by atoms with van der Waals surface area (Å²) >= 11 is 0. The first-order valence-electron chi connectivity index (χ1n) is 3.91. The lowest BCUT2D eigenvalue weighted by Crippen LogP contribution is -2.05. The van der Waals surface area contributed by atoms with Gasteiger partial charge in [0.2, 0.25) is 0 Å². The van der Waals surface area contributed by atoms with Crippen molar-refractivity contribution in [1.29, 1.82) is 0 Å². The Morgan fingerprint density at radius 2 is 2.46 bits per heavy atom. The quantitative estimate of drug-likeness (QED) is 0.491. The lowest BCUT2D eigenvalue weighted by molar-refractivity contribution is -0.139. The van der Waals surface area contributed by atoms with E-state index < -0.39 is 0 Å². The van der Waals surface area contributed by atoms with Crippen molar-refractivity contribution in [3.05, 3.63) is 23.4 Å². The van der Waals surface area contributed by atoms with E-state index in [1.807, 2.05) is 0 Å². The highest BCUT2D eigenvalue weighted by Crippen LogP contribution is 2.17. The van der Waals surface area contributed by atoms with Crippen LogP contribution >= 0.6 is 0 Å². The highest BCUT2D eigenvalue weighted by atomic mass is 16.5. The monoisotopic (exact) mass is 181 g/mol. The second-order valence-corrected chi connectivity index (χ2v) is 2.68. The molecule has 0 atom stereocenters. The van der Waals surface area contributed by atoms with Gasteiger partial charge in [-0.05, 0) is 0 Å². The maximum atomic E-state index is 11.1. The third-order valence-electron chi connectivity index (χ3n) is 1.82. The van der Waals surface area contributed by atoms with Crippen LogP contribution in [0.2, 0.25) is 0 Å². The number of carbonyl (C=O) groups is 2. The average molecular weight is 181 g/mol. The molecular formula is C9H11NO3. The molecule has 13 heavy (non-hydrogen) atoms. The van der Waals surface area contributed by atoms with Gasteiger partial charge in [0.15, 0.2) is 5.78 Å². The van der Waals surface area contributed by atoms with Gasteiger partial charge in [-0.25, -0.2) is 0 Å². The number of hydrogen-bond acceptors (Lipinski definition) is 4. The third-order valence-corrected chi connectivity index (χ3v) is 1.82. The van der Waals surface area contributed by atoms with Gasteiger partial charge in [-0.2, -0.15) is 0 Å². The molecule has 1 rings (SSSR count). The van der Waals surface area contributed by atoms with Crippen molar-refractivity contribution < 1.29 is 14.3 Å². The molecule has 4 nitrogen and oxygen atoms in total. The molecule has 0 heterocycles. The Morgan fingerprint density at radius 3 is 2.92 bits per heavy atom. The topological polar surface area (TPSA) is 69.4 Å². The van der Waals surface area contributed by atoms with Crippen LogP contribution in [0, 0.1) is 0 Å². The summed E-state index contributed by atoms with van der Waals surface area (Å²) in [6, 6.07) is 0. The van der Waals surface area contributed by atoms with Crippen LogP contribution in [0.15, 0.2) is 23.4 Å². The first-order chi connectivity index (χ1) is 6.15. The minimum atomic E-state index is -0.375. The van der Waals surface area contributed by atoms with E-state index >= 15 is 0 Å². The summed E-state index contributed by atoms with van der Waals surface area (Å²) in [5, 5.41) is 0. The van der Waals surface area contributed by atoms with Crippen molar-refractivity contribution >= 4 is 11.8 Å². The number of carbonyl (C=O) groups excluding carboxylic acids is 2. The van der Waals surface area contributed by atoms with E-state index in [0.29, 0.717) is 17.7 Å². The Morgan fingerprint density at radius 1 is 1.77 bits per heavy atom. The molecule has 1 aliphatic rings. The third kappa shape index (κ3) is 2.18. The highest BCUT2D eigenvalue weighted by molar-refractivity contribution is 6.03. The number of methoxy groups -OCH3 is 1. The average Bonchev–Trinajstić information content (AvgIpc) is 2.43. The van der Waals surface area contributed by atoms with Gasteiger partial charge in [-0.1, -0.05) is 12.2 Å². The van der Waals surface area contributed by atoms with Crippen molar-refractivity contribution in [3.8, 4) is 0 Å². The van der Waals surface area contributed by atoms with Gasteiger partial charge in [0, 0.05) is 17.7 Å². The normalized spacial score (nSPS) is 19.0. The Labute approximate surface area is 76.1 Å². The van der Waals surface area contributed by atoms with E-state index in [-0.39, 0.29) is 18.2 Å². The molecule has 0 amide bonds. The number of rotatable bonds is 2. The van der Waals surface area contributed by atoms with Gasteiger partial charge in [0.05, 0.1) is 13.5 Å². The summed E-state index contributed by atoms with van der Waals surface area (Å²) in [5.41, 5.74) is 6.41. The van der Waals surface area contributed by atoms with Crippen LogP contribution in [0.3, 0.4) is 0 Å². The zero-order valence-corrected chi connectivity index (χ0v) is 7.37. The van der Waals surface area contributed by atoms with E-state index in [9.17, 15) is 9.59 Å². The van der Waals surface area contributed by atoms with Crippen molar-refractivity contribution in [2.75, 3.05) is 7.11 Å². The Bertz CT molecular complexity index is 302. The molecule has 0 fully saturated rings. The molecule has 0 spiro atoms. The standard InChI is InChI=1S/C9H11NO3/c1-13-9(12)5-2-6-7(10)3-4-8(6)11/h2-3H,4-5,10H2,1H3. The van der Waals surface area contributed by atoms with Gasteiger partial charge >= 0.3 is 5.97 Å². The van der Waals surface area contributed by atoms with Crippen LogP contribution in [-0.4, -0.2) is 18.9 Å². The van der Waals surface area contributed by atoms with Gasteiger partial charge in [0.25, 0.3) is 0 Å². The van der Waals surface area contributed by atoms with E-state index in [2.05, 4.69) is 4.74 Å². The number of ketones is 1. The molecule has 2 N–H and O–H groups in total. The first kappa shape index (κ1) is 9.51. The van der Waals surface area contributed by atoms with E-state index in [4.69, 9.17) is 5.73 Å². The maximum absolute atomic E-state index is 11.1. The largest absolute Gasteiger partial charge is 0.469 e. The lowest BCUT2D eigenvalue weighted by atomic mass is 10.1. The Hall–Kier alpha value is -1.58. The molecule has 70 valence electrons. The van der Waals surface area contributed by atoms with Crippen molar-refractivity contribution in [1.82, 2.24) is 0 Å². The van der Waals surface area contributed by atoms with Crippen LogP contribution in [0.25, 0.3) is 0 Å². The second-order valence-electron chi connectivity index (χ2n) is 2.68. The molecule has 0 radical (unpaired) electrons. The predicted octanol–water partition coefficient (Wildman–Crippen LogP) is 0.291. The van der Waals surface area contributed by atoms with Crippen molar-refractivity contribution in [2.24, 2.45) is 5.73 Å². The fraction of sp³-hybridized carbons (Fsp3) is 0.333. The molecule has 0 aromatic rings. The molecule has 0 bridgehead atoms. The van der Waals surface area contributed by atoms with Crippen LogP contribution in [-0.2, 0) is 14.3 Å². The fourth-order valence-corrected chi connectivity index (χ4v) is 1.08. The zero-order valence-electron chi connectivity index (χ0n) is 7.37. The molecule has 0 aliphatic heterocycles. The summed E-state index contributed by atoms with van der Waals surface area (Å²) in [6.45, 7) is 0. The molecule has 0 unspecified atom stereocenters. The number of hydrogen-bond donors (Lipinski definition) is 1. The molecule has 1 aliphatic carbocycles.